The topological polar surface area (TPSA) is 36.4 Å². The van der Waals surface area contributed by atoms with Gasteiger partial charge >= 0.3 is 0 Å². The Balaban J connectivity index is 2.73. The van der Waals surface area contributed by atoms with Gasteiger partial charge in [-0.2, -0.15) is 0 Å². The largest absolute Gasteiger partial charge is 0.392 e. The zero-order chi connectivity index (χ0) is 9.68. The quantitative estimate of drug-likeness (QED) is 0.704. The molecule has 1 aromatic rings. The van der Waals surface area contributed by atoms with E-state index >= 15 is 0 Å². The van der Waals surface area contributed by atoms with Crippen LogP contribution in [-0.2, 0) is 6.61 Å². The summed E-state index contributed by atoms with van der Waals surface area (Å²) < 4.78 is 0. The minimum Gasteiger partial charge on any atom is -0.392 e. The summed E-state index contributed by atoms with van der Waals surface area (Å²) in [7, 11) is 1.95. The Hall–Kier alpha value is -1.35. The number of aliphatic hydroxyl groups excluding tert-OH is 1. The molecule has 0 saturated heterocycles. The fraction of sp³-hybridized carbons (Fsp3) is 0.300. The number of hydrogen-bond donors (Lipinski definition) is 1. The lowest BCUT2D eigenvalue weighted by Crippen LogP contribution is -2.17. The smallest absolute Gasteiger partial charge is 0.128 e. The van der Waals surface area contributed by atoms with Crippen LogP contribution in [0.4, 0.5) is 5.82 Å². The molecule has 70 valence electrons. The zero-order valence-electron chi connectivity index (χ0n) is 7.77. The second kappa shape index (κ2) is 4.62. The molecule has 3 heteroatoms. The molecule has 0 unspecified atom stereocenters. The van der Waals surface area contributed by atoms with E-state index < -0.39 is 0 Å². The monoisotopic (exact) mass is 178 g/mol. The number of pyridine rings is 1. The van der Waals surface area contributed by atoms with Crippen LogP contribution in [0.5, 0.6) is 0 Å². The predicted molar refractivity (Wildman–Crippen MR) is 53.6 cm³/mol. The first-order valence-electron chi connectivity index (χ1n) is 4.15. The molecule has 0 amide bonds. The second-order valence-corrected chi connectivity index (χ2v) is 2.85. The predicted octanol–water partition coefficient (Wildman–Crippen LogP) is 1.20. The van der Waals surface area contributed by atoms with Crippen molar-refractivity contribution in [2.75, 3.05) is 18.5 Å². The molecule has 1 aromatic heterocycles. The number of rotatable bonds is 4. The molecule has 1 rings (SSSR count). The van der Waals surface area contributed by atoms with Crippen LogP contribution < -0.4 is 4.90 Å². The summed E-state index contributed by atoms with van der Waals surface area (Å²) in [4.78, 5) is 6.17. The highest BCUT2D eigenvalue weighted by molar-refractivity contribution is 5.38. The van der Waals surface area contributed by atoms with Gasteiger partial charge in [-0.3, -0.25) is 0 Å². The molecule has 3 nitrogen and oxygen atoms in total. The fourth-order valence-corrected chi connectivity index (χ4v) is 1.02. The van der Waals surface area contributed by atoms with Crippen molar-refractivity contribution in [2.45, 2.75) is 6.61 Å². The van der Waals surface area contributed by atoms with E-state index in [1.165, 1.54) is 0 Å². The summed E-state index contributed by atoms with van der Waals surface area (Å²) in [5.41, 5.74) is 0.829. The first-order valence-corrected chi connectivity index (χ1v) is 4.15. The molecule has 0 bridgehead atoms. The average Bonchev–Trinajstić information content (AvgIpc) is 2.18. The lowest BCUT2D eigenvalue weighted by Gasteiger charge is -2.15. The van der Waals surface area contributed by atoms with E-state index in [1.54, 1.807) is 6.20 Å². The van der Waals surface area contributed by atoms with Gasteiger partial charge in [-0.1, -0.05) is 12.1 Å². The lowest BCUT2D eigenvalue weighted by atomic mass is 10.3. The molecule has 1 heterocycles. The van der Waals surface area contributed by atoms with Gasteiger partial charge in [-0.15, -0.1) is 6.58 Å². The Bertz CT molecular complexity index is 269. The standard InChI is InChI=1S/C10H14N2O/c1-3-6-12(2)10-5-4-9(8-13)7-11-10/h3-5,7,13H,1,6,8H2,2H3. The van der Waals surface area contributed by atoms with Crippen molar-refractivity contribution in [2.24, 2.45) is 0 Å². The highest BCUT2D eigenvalue weighted by Gasteiger charge is 1.99. The lowest BCUT2D eigenvalue weighted by molar-refractivity contribution is 0.281. The summed E-state index contributed by atoms with van der Waals surface area (Å²) >= 11 is 0. The average molecular weight is 178 g/mol. The van der Waals surface area contributed by atoms with Crippen LogP contribution >= 0.6 is 0 Å². The normalized spacial score (nSPS) is 9.69. The molecule has 0 aliphatic carbocycles. The van der Waals surface area contributed by atoms with Gasteiger partial charge in [0.15, 0.2) is 0 Å². The SMILES string of the molecule is C=CCN(C)c1ccc(CO)cn1. The van der Waals surface area contributed by atoms with E-state index in [9.17, 15) is 0 Å². The van der Waals surface area contributed by atoms with Crippen LogP contribution in [0, 0.1) is 0 Å². The van der Waals surface area contributed by atoms with E-state index in [2.05, 4.69) is 11.6 Å². The Morgan fingerprint density at radius 2 is 2.38 bits per heavy atom. The van der Waals surface area contributed by atoms with Gasteiger partial charge in [0.05, 0.1) is 6.61 Å². The molecule has 1 N–H and O–H groups in total. The molecule has 0 aliphatic heterocycles. The van der Waals surface area contributed by atoms with Crippen molar-refractivity contribution in [3.05, 3.63) is 36.5 Å². The van der Waals surface area contributed by atoms with Gasteiger partial charge in [-0.25, -0.2) is 4.98 Å². The summed E-state index contributed by atoms with van der Waals surface area (Å²) in [6.07, 6.45) is 3.50. The molecule has 0 aromatic carbocycles. The first-order chi connectivity index (χ1) is 6.27. The van der Waals surface area contributed by atoms with E-state index in [-0.39, 0.29) is 6.61 Å². The molecule has 0 spiro atoms. The molecular formula is C10H14N2O. The first kappa shape index (κ1) is 9.74. The van der Waals surface area contributed by atoms with Crippen molar-refractivity contribution in [1.29, 1.82) is 0 Å². The third-order valence-electron chi connectivity index (χ3n) is 1.79. The second-order valence-electron chi connectivity index (χ2n) is 2.85. The number of likely N-dealkylation sites (N-methyl/N-ethyl adjacent to an activating group) is 1. The number of anilines is 1. The van der Waals surface area contributed by atoms with Gasteiger partial charge in [0, 0.05) is 19.8 Å². The molecular weight excluding hydrogens is 164 g/mol. The molecule has 0 radical (unpaired) electrons. The summed E-state index contributed by atoms with van der Waals surface area (Å²) in [5.74, 6) is 0.886. The van der Waals surface area contributed by atoms with Gasteiger partial charge in [0.1, 0.15) is 5.82 Å². The van der Waals surface area contributed by atoms with Crippen molar-refractivity contribution >= 4 is 5.82 Å². The number of aliphatic hydroxyl groups is 1. The summed E-state index contributed by atoms with van der Waals surface area (Å²) in [6, 6.07) is 3.75. The third kappa shape index (κ3) is 2.56. The van der Waals surface area contributed by atoms with Crippen LogP contribution in [0.25, 0.3) is 0 Å². The van der Waals surface area contributed by atoms with Crippen LogP contribution in [0.15, 0.2) is 31.0 Å². The Morgan fingerprint density at radius 1 is 1.62 bits per heavy atom. The van der Waals surface area contributed by atoms with Crippen molar-refractivity contribution in [1.82, 2.24) is 4.98 Å². The van der Waals surface area contributed by atoms with E-state index in [0.29, 0.717) is 0 Å². The maximum atomic E-state index is 8.80. The van der Waals surface area contributed by atoms with Crippen LogP contribution in [0.2, 0.25) is 0 Å². The maximum Gasteiger partial charge on any atom is 0.128 e. The van der Waals surface area contributed by atoms with Crippen molar-refractivity contribution < 1.29 is 5.11 Å². The van der Waals surface area contributed by atoms with Crippen molar-refractivity contribution in [3.63, 3.8) is 0 Å². The van der Waals surface area contributed by atoms with Crippen molar-refractivity contribution in [3.8, 4) is 0 Å². The molecule has 0 fully saturated rings. The van der Waals surface area contributed by atoms with Crippen LogP contribution in [0.1, 0.15) is 5.56 Å². The molecule has 0 saturated carbocycles. The minimum absolute atomic E-state index is 0.0401. The number of hydrogen-bond acceptors (Lipinski definition) is 3. The van der Waals surface area contributed by atoms with Crippen LogP contribution in [-0.4, -0.2) is 23.7 Å². The number of aromatic nitrogens is 1. The van der Waals surface area contributed by atoms with Gasteiger partial charge < -0.3 is 10.0 Å². The molecule has 0 aliphatic rings. The van der Waals surface area contributed by atoms with E-state index in [0.717, 1.165) is 17.9 Å². The zero-order valence-corrected chi connectivity index (χ0v) is 7.77. The third-order valence-corrected chi connectivity index (χ3v) is 1.79. The van der Waals surface area contributed by atoms with E-state index in [4.69, 9.17) is 5.11 Å². The van der Waals surface area contributed by atoms with E-state index in [1.807, 2.05) is 30.2 Å². The van der Waals surface area contributed by atoms with Gasteiger partial charge in [-0.05, 0) is 11.6 Å². The van der Waals surface area contributed by atoms with Crippen LogP contribution in [0.3, 0.4) is 0 Å². The summed E-state index contributed by atoms with van der Waals surface area (Å²) in [6.45, 7) is 4.46. The fourth-order valence-electron chi connectivity index (χ4n) is 1.02. The Kier molecular flexibility index (Phi) is 3.46. The summed E-state index contributed by atoms with van der Waals surface area (Å²) in [5, 5.41) is 8.80. The molecule has 13 heavy (non-hydrogen) atoms. The molecule has 0 atom stereocenters. The van der Waals surface area contributed by atoms with Gasteiger partial charge in [0.25, 0.3) is 0 Å². The van der Waals surface area contributed by atoms with Gasteiger partial charge in [0.2, 0.25) is 0 Å². The highest BCUT2D eigenvalue weighted by Crippen LogP contribution is 2.08. The Morgan fingerprint density at radius 3 is 2.85 bits per heavy atom. The Labute approximate surface area is 78.3 Å². The maximum absolute atomic E-state index is 8.80. The minimum atomic E-state index is 0.0401. The number of nitrogens with zero attached hydrogens (tertiary/aromatic N) is 2. The highest BCUT2D eigenvalue weighted by atomic mass is 16.3.